The van der Waals surface area contributed by atoms with E-state index in [4.69, 9.17) is 58.4 Å². The van der Waals surface area contributed by atoms with Gasteiger partial charge in [-0.25, -0.2) is 4.99 Å². The van der Waals surface area contributed by atoms with Crippen LogP contribution in [0, 0.1) is 23.2 Å². The van der Waals surface area contributed by atoms with E-state index >= 15 is 0 Å². The van der Waals surface area contributed by atoms with Gasteiger partial charge in [0.1, 0.15) is 12.1 Å². The van der Waals surface area contributed by atoms with Crippen LogP contribution in [0.4, 0.5) is 0 Å². The molecule has 2 aliphatic rings. The molecule has 0 spiro atoms. The van der Waals surface area contributed by atoms with E-state index < -0.39 is 6.04 Å². The number of ether oxygens (including phenoxy) is 5. The molecule has 3 amide bonds. The molecule has 1 saturated heterocycles. The standard InChI is InChI=1S/C37H70N4O9.C16H20Cl2N2S.C15H19NS.C4H10.2C2H6/c1-4-6-9-14-37(31-38,13-5-2)15-10-7-8-11-34(43)39-16-18-47-20-22-49-24-26-50-25-23-48-21-19-46-17-12-35(44)40-28-36(45)41-29-32(3)27-33(41)30-42;1-5-10(3)15(16(19)20-11(4)6-2)21-13-9-7-8-12(17)14(13)18;1-3-4-5-13-6-8-14(9-7-13)15-12(2)16-10-11-17-15;1-4(2)3;2*1-2/h30,32-33H,4-29,31,38H2,1-3H3,(H,39,43)(H,40,44);6-10H,2,5,19H2,1,3-4H3;6-10H,3-5,11H2,1-2H3;4H,1-3H3;2*1-2H3/b;16-15+,20-11-;;;;/t32?,33-,37?;;;;;/m0...../s1. The quantitative estimate of drug-likeness (QED) is 0.0210. The number of amides is 3. The van der Waals surface area contributed by atoms with E-state index in [0.717, 1.165) is 71.4 Å². The van der Waals surface area contributed by atoms with Crippen molar-refractivity contribution in [1.29, 1.82) is 0 Å². The summed E-state index contributed by atoms with van der Waals surface area (Å²) in [6.45, 7) is 40.9. The van der Waals surface area contributed by atoms with Crippen LogP contribution >= 0.6 is 46.7 Å². The summed E-state index contributed by atoms with van der Waals surface area (Å²) >= 11 is 15.7. The van der Waals surface area contributed by atoms with E-state index in [2.05, 4.69) is 114 Å². The van der Waals surface area contributed by atoms with Crippen molar-refractivity contribution < 1.29 is 42.9 Å². The molecule has 2 aromatic carbocycles. The number of rotatable bonds is 44. The highest BCUT2D eigenvalue weighted by molar-refractivity contribution is 8.08. The zero-order valence-electron chi connectivity index (χ0n) is 62.2. The van der Waals surface area contributed by atoms with Crippen molar-refractivity contribution in [3.63, 3.8) is 0 Å². The van der Waals surface area contributed by atoms with E-state index in [1.54, 1.807) is 12.1 Å². The number of likely N-dealkylation sites (tertiary alicyclic amines) is 1. The third kappa shape index (κ3) is 45.6. The third-order valence-electron chi connectivity index (χ3n) is 15.1. The van der Waals surface area contributed by atoms with Crippen LogP contribution in [0.5, 0.6) is 0 Å². The predicted molar refractivity (Wildman–Crippen MR) is 412 cm³/mol. The van der Waals surface area contributed by atoms with Gasteiger partial charge in [0.25, 0.3) is 0 Å². The van der Waals surface area contributed by atoms with Crippen LogP contribution in [0.3, 0.4) is 0 Å². The minimum atomic E-state index is -0.398. The second kappa shape index (κ2) is 62.0. The number of aldehydes is 1. The molecule has 20 heteroatoms. The second-order valence-corrected chi connectivity index (χ2v) is 27.1. The monoisotopic (exact) mass is 1420 g/mol. The maximum atomic E-state index is 12.3. The van der Waals surface area contributed by atoms with Gasteiger partial charge in [-0.2, -0.15) is 0 Å². The highest BCUT2D eigenvalue weighted by Gasteiger charge is 2.33. The highest BCUT2D eigenvalue weighted by Crippen LogP contribution is 2.41. The van der Waals surface area contributed by atoms with Crippen LogP contribution in [0.2, 0.25) is 10.0 Å². The SMILES string of the molecule is C=C/C(C)=N\C(N)=C(\Sc1cccc(Cl)c1Cl)C(C)CC.CC.CC.CC(C)C.CCCCCC(CN)(CCC)CCCCCC(=O)NCCOCCOCCOCCOCCOCCC(=O)NCC(=O)N1CC(C)C[C@H]1C=O.CCCCc1ccc(C2=C(C)N=CCS2)cc1. The van der Waals surface area contributed by atoms with Gasteiger partial charge >= 0.3 is 0 Å². The summed E-state index contributed by atoms with van der Waals surface area (Å²) in [7, 11) is 0. The molecular formula is C76H131Cl2N7O9S2. The van der Waals surface area contributed by atoms with Gasteiger partial charge in [0.05, 0.1) is 94.4 Å². The van der Waals surface area contributed by atoms with Gasteiger partial charge in [-0.15, -0.1) is 11.8 Å². The van der Waals surface area contributed by atoms with Crippen molar-refractivity contribution in [2.75, 3.05) is 98.0 Å². The smallest absolute Gasteiger partial charge is 0.242 e. The molecule has 16 nitrogen and oxygen atoms in total. The maximum Gasteiger partial charge on any atom is 0.242 e. The lowest BCUT2D eigenvalue weighted by Crippen LogP contribution is -2.43. The van der Waals surface area contributed by atoms with Crippen LogP contribution in [-0.4, -0.2) is 145 Å². The van der Waals surface area contributed by atoms with Gasteiger partial charge in [0.15, 0.2) is 0 Å². The molecule has 0 aromatic heterocycles. The van der Waals surface area contributed by atoms with Crippen molar-refractivity contribution in [2.45, 2.75) is 224 Å². The molecule has 0 aliphatic carbocycles. The number of benzene rings is 2. The van der Waals surface area contributed by atoms with Crippen LogP contribution in [-0.2, 0) is 49.3 Å². The van der Waals surface area contributed by atoms with E-state index in [-0.39, 0.29) is 54.5 Å². The Kier molecular flexibility index (Phi) is 60.7. The lowest BCUT2D eigenvalue weighted by atomic mass is 9.74. The van der Waals surface area contributed by atoms with E-state index in [1.807, 2.05) is 71.7 Å². The van der Waals surface area contributed by atoms with Crippen molar-refractivity contribution >= 4 is 87.6 Å². The molecule has 2 heterocycles. The normalized spacial score (nSPS) is 15.3. The Balaban J connectivity index is 0. The highest BCUT2D eigenvalue weighted by atomic mass is 35.5. The summed E-state index contributed by atoms with van der Waals surface area (Å²) in [5, 5.41) is 6.60. The molecule has 2 aliphatic heterocycles. The zero-order chi connectivity index (χ0) is 72.4. The molecule has 550 valence electrons. The summed E-state index contributed by atoms with van der Waals surface area (Å²) in [4.78, 5) is 61.0. The first-order chi connectivity index (χ1) is 46.2. The molecule has 3 unspecified atom stereocenters. The van der Waals surface area contributed by atoms with Crippen molar-refractivity contribution in [1.82, 2.24) is 15.5 Å². The molecule has 0 saturated carbocycles. The van der Waals surface area contributed by atoms with E-state index in [1.165, 1.54) is 96.9 Å². The Hall–Kier alpha value is -4.08. The van der Waals surface area contributed by atoms with Crippen molar-refractivity contribution in [3.8, 4) is 0 Å². The van der Waals surface area contributed by atoms with Crippen LogP contribution in [0.15, 0.2) is 86.4 Å². The summed E-state index contributed by atoms with van der Waals surface area (Å²) in [5.41, 5.74) is 17.3. The topological polar surface area (TPSA) is 218 Å². The Morgan fingerprint density at radius 1 is 0.781 bits per heavy atom. The van der Waals surface area contributed by atoms with Gasteiger partial charge in [-0.1, -0.05) is 207 Å². The van der Waals surface area contributed by atoms with Gasteiger partial charge < -0.3 is 55.5 Å². The Morgan fingerprint density at radius 2 is 1.34 bits per heavy atom. The van der Waals surface area contributed by atoms with Crippen molar-refractivity contribution in [3.05, 3.63) is 92.7 Å². The molecule has 0 bridgehead atoms. The number of hydrogen-bond acceptors (Lipinski definition) is 15. The fourth-order valence-corrected chi connectivity index (χ4v) is 12.3. The van der Waals surface area contributed by atoms with Gasteiger partial charge in [-0.05, 0) is 124 Å². The molecular weight excluding hydrogens is 1290 g/mol. The maximum absolute atomic E-state index is 12.3. The van der Waals surface area contributed by atoms with Crippen LogP contribution in [0.1, 0.15) is 218 Å². The Bertz CT molecular complexity index is 2480. The van der Waals surface area contributed by atoms with E-state index in [9.17, 15) is 19.2 Å². The minimum absolute atomic E-state index is 0.0781. The lowest BCUT2D eigenvalue weighted by Gasteiger charge is -2.33. The number of halogens is 2. The number of aryl methyl sites for hydroxylation is 1. The summed E-state index contributed by atoms with van der Waals surface area (Å²) < 4.78 is 27.4. The average molecular weight is 1420 g/mol. The fraction of sp³-hybridized carbons (Fsp3) is 0.684. The third-order valence-corrected chi connectivity index (χ3v) is 18.6. The summed E-state index contributed by atoms with van der Waals surface area (Å²) in [5.74, 6) is 2.45. The second-order valence-electron chi connectivity index (χ2n) is 24.2. The van der Waals surface area contributed by atoms with Crippen molar-refractivity contribution in [2.24, 2.45) is 44.6 Å². The zero-order valence-corrected chi connectivity index (χ0v) is 65.3. The number of carbonyl (C=O) groups excluding carboxylic acids is 4. The molecule has 4 rings (SSSR count). The Morgan fingerprint density at radius 3 is 1.88 bits per heavy atom. The predicted octanol–water partition coefficient (Wildman–Crippen LogP) is 17.6. The fourth-order valence-electron chi connectivity index (χ4n) is 9.80. The molecule has 6 N–H and O–H groups in total. The van der Waals surface area contributed by atoms with Gasteiger partial charge in [-0.3, -0.25) is 19.4 Å². The minimum Gasteiger partial charge on any atom is -0.383 e. The van der Waals surface area contributed by atoms with Gasteiger partial charge in [0, 0.05) is 58.3 Å². The molecule has 2 aromatic rings. The van der Waals surface area contributed by atoms with E-state index in [0.29, 0.717) is 101 Å². The average Bonchev–Trinajstić information content (AvgIpc) is 0.970. The van der Waals surface area contributed by atoms with Crippen LogP contribution in [0.25, 0.3) is 4.91 Å². The Labute approximate surface area is 601 Å². The largest absolute Gasteiger partial charge is 0.383 e. The summed E-state index contributed by atoms with van der Waals surface area (Å²) in [6.07, 6.45) is 22.2. The first-order valence-electron chi connectivity index (χ1n) is 35.9. The molecule has 4 atom stereocenters. The molecule has 96 heavy (non-hydrogen) atoms. The number of allylic oxidation sites excluding steroid dienone is 3. The number of aliphatic imine (C=N–C) groups is 2. The number of carbonyl (C=O) groups is 4. The first-order valence-corrected chi connectivity index (χ1v) is 38.4. The number of nitrogens with one attached hydrogen (secondary N) is 2. The number of hydrogen-bond donors (Lipinski definition) is 4. The van der Waals surface area contributed by atoms with Gasteiger partial charge in [0.2, 0.25) is 17.7 Å². The summed E-state index contributed by atoms with van der Waals surface area (Å²) in [6, 6.07) is 14.1. The number of thioether (sulfide) groups is 2. The van der Waals surface area contributed by atoms with Crippen LogP contribution < -0.4 is 22.1 Å². The lowest BCUT2D eigenvalue weighted by molar-refractivity contribution is -0.135. The number of nitrogens with two attached hydrogens (primary N) is 2. The number of unbranched alkanes of at least 4 members (excludes halogenated alkanes) is 5. The molecule has 0 radical (unpaired) electrons. The first kappa shape index (κ1) is 94.0. The molecule has 1 fully saturated rings. The number of nitrogens with zero attached hydrogens (tertiary/aromatic N) is 3.